The molecule has 1 aromatic carbocycles. The molecule has 1 aromatic heterocycles. The molecule has 4 nitrogen and oxygen atoms in total. The topological polar surface area (TPSA) is 54.0 Å². The summed E-state index contributed by atoms with van der Waals surface area (Å²) in [5.74, 6) is -1.12. The Labute approximate surface area is 123 Å². The Bertz CT molecular complexity index is 613. The number of aromatic nitrogens is 1. The second-order valence-corrected chi connectivity index (χ2v) is 4.71. The fourth-order valence-electron chi connectivity index (χ4n) is 2.04. The number of anilines is 1. The third-order valence-corrected chi connectivity index (χ3v) is 3.20. The average Bonchev–Trinajstić information content (AvgIpc) is 2.48. The molecule has 0 saturated heterocycles. The van der Waals surface area contributed by atoms with E-state index in [4.69, 9.17) is 0 Å². The van der Waals surface area contributed by atoms with E-state index in [1.807, 2.05) is 19.1 Å². The molecule has 0 aliphatic rings. The van der Waals surface area contributed by atoms with Gasteiger partial charge < -0.3 is 10.6 Å². The lowest BCUT2D eigenvalue weighted by molar-refractivity contribution is 0.102. The van der Waals surface area contributed by atoms with E-state index in [0.29, 0.717) is 5.69 Å². The van der Waals surface area contributed by atoms with Crippen LogP contribution in [0.2, 0.25) is 0 Å². The number of halogens is 1. The molecular formula is C16H18FN3O. The van der Waals surface area contributed by atoms with Gasteiger partial charge in [-0.3, -0.25) is 9.78 Å². The zero-order valence-electron chi connectivity index (χ0n) is 12.1. The number of amides is 1. The van der Waals surface area contributed by atoms with Crippen LogP contribution in [0.3, 0.4) is 0 Å². The standard InChI is InChI=1S/C16H18FN3O/c1-3-19-11(2)12-4-6-13(7-5-12)20-16(21)14-8-9-18-10-15(14)17/h4-11,19H,3H2,1-2H3,(H,20,21). The predicted molar refractivity (Wildman–Crippen MR) is 80.7 cm³/mol. The van der Waals surface area contributed by atoms with Gasteiger partial charge in [-0.25, -0.2) is 4.39 Å². The summed E-state index contributed by atoms with van der Waals surface area (Å²) >= 11 is 0. The molecule has 0 saturated carbocycles. The van der Waals surface area contributed by atoms with E-state index < -0.39 is 11.7 Å². The number of pyridine rings is 1. The lowest BCUT2D eigenvalue weighted by Gasteiger charge is -2.13. The van der Waals surface area contributed by atoms with Crippen molar-refractivity contribution >= 4 is 11.6 Å². The maximum absolute atomic E-state index is 13.5. The van der Waals surface area contributed by atoms with Gasteiger partial charge in [0.2, 0.25) is 0 Å². The molecule has 110 valence electrons. The SMILES string of the molecule is CCNC(C)c1ccc(NC(=O)c2ccncc2F)cc1. The van der Waals surface area contributed by atoms with Crippen LogP contribution < -0.4 is 10.6 Å². The number of hydrogen-bond donors (Lipinski definition) is 2. The highest BCUT2D eigenvalue weighted by atomic mass is 19.1. The van der Waals surface area contributed by atoms with Gasteiger partial charge in [-0.05, 0) is 37.2 Å². The number of nitrogens with one attached hydrogen (secondary N) is 2. The van der Waals surface area contributed by atoms with Crippen molar-refractivity contribution in [2.24, 2.45) is 0 Å². The van der Waals surface area contributed by atoms with Gasteiger partial charge >= 0.3 is 0 Å². The molecule has 1 heterocycles. The molecule has 5 heteroatoms. The Kier molecular flexibility index (Phi) is 5.00. The molecule has 0 radical (unpaired) electrons. The van der Waals surface area contributed by atoms with Crippen LogP contribution in [0.15, 0.2) is 42.7 Å². The monoisotopic (exact) mass is 287 g/mol. The van der Waals surface area contributed by atoms with Gasteiger partial charge in [-0.1, -0.05) is 19.1 Å². The minimum absolute atomic E-state index is 0.0184. The normalized spacial score (nSPS) is 12.0. The van der Waals surface area contributed by atoms with Crippen molar-refractivity contribution in [3.05, 3.63) is 59.7 Å². The van der Waals surface area contributed by atoms with E-state index in [9.17, 15) is 9.18 Å². The quantitative estimate of drug-likeness (QED) is 0.888. The predicted octanol–water partition coefficient (Wildman–Crippen LogP) is 3.14. The number of hydrogen-bond acceptors (Lipinski definition) is 3. The number of rotatable bonds is 5. The highest BCUT2D eigenvalue weighted by Crippen LogP contribution is 2.17. The highest BCUT2D eigenvalue weighted by molar-refractivity contribution is 6.04. The Balaban J connectivity index is 2.07. The van der Waals surface area contributed by atoms with E-state index >= 15 is 0 Å². The van der Waals surface area contributed by atoms with Crippen molar-refractivity contribution < 1.29 is 9.18 Å². The van der Waals surface area contributed by atoms with Gasteiger partial charge in [0.15, 0.2) is 5.82 Å². The summed E-state index contributed by atoms with van der Waals surface area (Å²) in [4.78, 5) is 15.6. The summed E-state index contributed by atoms with van der Waals surface area (Å²) in [6.07, 6.45) is 2.41. The molecule has 0 spiro atoms. The zero-order valence-corrected chi connectivity index (χ0v) is 12.1. The maximum atomic E-state index is 13.5. The van der Waals surface area contributed by atoms with Crippen LogP contribution in [-0.2, 0) is 0 Å². The van der Waals surface area contributed by atoms with Crippen LogP contribution in [0, 0.1) is 5.82 Å². The molecule has 0 aliphatic heterocycles. The molecule has 1 atom stereocenters. The van der Waals surface area contributed by atoms with Gasteiger partial charge in [0.25, 0.3) is 5.91 Å². The van der Waals surface area contributed by atoms with Crippen LogP contribution in [0.5, 0.6) is 0 Å². The number of nitrogens with zero attached hydrogens (tertiary/aromatic N) is 1. The second kappa shape index (κ2) is 6.95. The van der Waals surface area contributed by atoms with Crippen molar-refractivity contribution in [2.45, 2.75) is 19.9 Å². The Morgan fingerprint density at radius 3 is 2.62 bits per heavy atom. The van der Waals surface area contributed by atoms with Crippen LogP contribution in [0.1, 0.15) is 35.8 Å². The zero-order chi connectivity index (χ0) is 15.2. The first kappa shape index (κ1) is 15.1. The highest BCUT2D eigenvalue weighted by Gasteiger charge is 2.11. The van der Waals surface area contributed by atoms with E-state index in [-0.39, 0.29) is 11.6 Å². The molecule has 1 unspecified atom stereocenters. The summed E-state index contributed by atoms with van der Waals surface area (Å²) < 4.78 is 13.5. The van der Waals surface area contributed by atoms with Crippen molar-refractivity contribution in [3.8, 4) is 0 Å². The average molecular weight is 287 g/mol. The Morgan fingerprint density at radius 2 is 2.00 bits per heavy atom. The summed E-state index contributed by atoms with van der Waals surface area (Å²) in [5, 5.41) is 5.98. The summed E-state index contributed by atoms with van der Waals surface area (Å²) in [6.45, 7) is 5.01. The number of benzene rings is 1. The fourth-order valence-corrected chi connectivity index (χ4v) is 2.04. The van der Waals surface area contributed by atoms with E-state index in [0.717, 1.165) is 18.3 Å². The Hall–Kier alpha value is -2.27. The molecule has 1 amide bonds. The number of carbonyl (C=O) groups excluding carboxylic acids is 1. The molecule has 0 fully saturated rings. The van der Waals surface area contributed by atoms with Gasteiger partial charge in [-0.2, -0.15) is 0 Å². The minimum atomic E-state index is -0.632. The smallest absolute Gasteiger partial charge is 0.258 e. The molecule has 0 bridgehead atoms. The maximum Gasteiger partial charge on any atom is 0.258 e. The molecule has 0 aliphatic carbocycles. The minimum Gasteiger partial charge on any atom is -0.322 e. The lowest BCUT2D eigenvalue weighted by atomic mass is 10.1. The van der Waals surface area contributed by atoms with Crippen molar-refractivity contribution in [1.82, 2.24) is 10.3 Å². The van der Waals surface area contributed by atoms with Crippen LogP contribution in [0.4, 0.5) is 10.1 Å². The van der Waals surface area contributed by atoms with E-state index in [2.05, 4.69) is 22.5 Å². The summed E-state index contributed by atoms with van der Waals surface area (Å²) in [5.41, 5.74) is 1.74. The first-order valence-electron chi connectivity index (χ1n) is 6.86. The molecule has 2 rings (SSSR count). The van der Waals surface area contributed by atoms with Gasteiger partial charge in [0.1, 0.15) is 0 Å². The third kappa shape index (κ3) is 3.86. The lowest BCUT2D eigenvalue weighted by Crippen LogP contribution is -2.18. The fraction of sp³-hybridized carbons (Fsp3) is 0.250. The second-order valence-electron chi connectivity index (χ2n) is 4.71. The third-order valence-electron chi connectivity index (χ3n) is 3.20. The molecule has 21 heavy (non-hydrogen) atoms. The van der Waals surface area contributed by atoms with Crippen molar-refractivity contribution in [1.29, 1.82) is 0 Å². The Morgan fingerprint density at radius 1 is 1.29 bits per heavy atom. The summed E-state index contributed by atoms with van der Waals surface area (Å²) in [7, 11) is 0. The van der Waals surface area contributed by atoms with Crippen LogP contribution in [0.25, 0.3) is 0 Å². The van der Waals surface area contributed by atoms with Crippen molar-refractivity contribution in [3.63, 3.8) is 0 Å². The van der Waals surface area contributed by atoms with Gasteiger partial charge in [0, 0.05) is 17.9 Å². The van der Waals surface area contributed by atoms with Crippen LogP contribution in [-0.4, -0.2) is 17.4 Å². The molecular weight excluding hydrogens is 269 g/mol. The number of carbonyl (C=O) groups is 1. The van der Waals surface area contributed by atoms with E-state index in [1.165, 1.54) is 12.3 Å². The summed E-state index contributed by atoms with van der Waals surface area (Å²) in [6, 6.07) is 9.09. The first-order valence-corrected chi connectivity index (χ1v) is 6.86. The molecule has 2 aromatic rings. The van der Waals surface area contributed by atoms with Gasteiger partial charge in [-0.15, -0.1) is 0 Å². The first-order chi connectivity index (χ1) is 10.1. The van der Waals surface area contributed by atoms with Gasteiger partial charge in [0.05, 0.1) is 11.8 Å². The van der Waals surface area contributed by atoms with Crippen molar-refractivity contribution in [2.75, 3.05) is 11.9 Å². The molecule has 2 N–H and O–H groups in total. The van der Waals surface area contributed by atoms with Crippen LogP contribution >= 0.6 is 0 Å². The van der Waals surface area contributed by atoms with E-state index in [1.54, 1.807) is 12.1 Å². The largest absolute Gasteiger partial charge is 0.322 e.